The summed E-state index contributed by atoms with van der Waals surface area (Å²) < 4.78 is 26.6. The van der Waals surface area contributed by atoms with E-state index in [-0.39, 0.29) is 22.8 Å². The fourth-order valence-electron chi connectivity index (χ4n) is 3.66. The van der Waals surface area contributed by atoms with Crippen molar-refractivity contribution in [3.63, 3.8) is 0 Å². The van der Waals surface area contributed by atoms with Crippen LogP contribution in [0, 0.1) is 12.7 Å². The number of aryl methyl sites for hydroxylation is 1. The summed E-state index contributed by atoms with van der Waals surface area (Å²) in [4.78, 5) is 33.1. The van der Waals surface area contributed by atoms with E-state index in [0.29, 0.717) is 28.4 Å². The molecule has 0 aliphatic heterocycles. The second-order valence-electron chi connectivity index (χ2n) is 7.80. The number of hydrogen-bond donors (Lipinski definition) is 2. The lowest BCUT2D eigenvalue weighted by molar-refractivity contribution is 0.102. The molecule has 2 N–H and O–H groups in total. The highest BCUT2D eigenvalue weighted by Crippen LogP contribution is 2.24. The van der Waals surface area contributed by atoms with Crippen molar-refractivity contribution in [2.45, 2.75) is 6.92 Å². The van der Waals surface area contributed by atoms with Crippen molar-refractivity contribution in [2.24, 2.45) is 0 Å². The highest BCUT2D eigenvalue weighted by atomic mass is 19.1. The SMILES string of the molecule is COc1cc(OC)cc(C(=O)Nc2cc(C)nn2-c2nc3c(cnn3-c3ccc(F)cc3)c(=O)[nH]2)c1. The number of nitrogens with zero attached hydrogens (tertiary/aromatic N) is 5. The molecule has 36 heavy (non-hydrogen) atoms. The molecule has 0 aliphatic rings. The first-order valence-electron chi connectivity index (χ1n) is 10.7. The predicted octanol–water partition coefficient (Wildman–Crippen LogP) is 3.01. The van der Waals surface area contributed by atoms with Gasteiger partial charge in [0.1, 0.15) is 28.5 Å². The van der Waals surface area contributed by atoms with Crippen molar-refractivity contribution in [2.75, 3.05) is 19.5 Å². The van der Waals surface area contributed by atoms with E-state index in [0.717, 1.165) is 0 Å². The van der Waals surface area contributed by atoms with Crippen LogP contribution in [0.5, 0.6) is 11.5 Å². The second-order valence-corrected chi connectivity index (χ2v) is 7.80. The van der Waals surface area contributed by atoms with Crippen LogP contribution in [-0.4, -0.2) is 49.7 Å². The lowest BCUT2D eigenvalue weighted by Gasteiger charge is -2.11. The Morgan fingerprint density at radius 3 is 2.39 bits per heavy atom. The van der Waals surface area contributed by atoms with Crippen LogP contribution in [0.2, 0.25) is 0 Å². The Balaban J connectivity index is 1.56. The van der Waals surface area contributed by atoms with E-state index in [2.05, 4.69) is 25.5 Å². The van der Waals surface area contributed by atoms with Gasteiger partial charge >= 0.3 is 0 Å². The quantitative estimate of drug-likeness (QED) is 0.375. The van der Waals surface area contributed by atoms with Gasteiger partial charge in [-0.05, 0) is 43.3 Å². The third-order valence-corrected chi connectivity index (χ3v) is 5.38. The number of carbonyl (C=O) groups is 1. The summed E-state index contributed by atoms with van der Waals surface area (Å²) in [5, 5.41) is 11.6. The van der Waals surface area contributed by atoms with E-state index in [9.17, 15) is 14.0 Å². The first-order chi connectivity index (χ1) is 17.4. The maximum absolute atomic E-state index is 13.4. The zero-order valence-electron chi connectivity index (χ0n) is 19.4. The Morgan fingerprint density at radius 1 is 1.03 bits per heavy atom. The Hall–Kier alpha value is -5.00. The molecule has 0 atom stereocenters. The van der Waals surface area contributed by atoms with E-state index >= 15 is 0 Å². The highest BCUT2D eigenvalue weighted by molar-refractivity contribution is 6.04. The first-order valence-corrected chi connectivity index (χ1v) is 10.7. The van der Waals surface area contributed by atoms with Crippen LogP contribution < -0.4 is 20.3 Å². The van der Waals surface area contributed by atoms with Crippen LogP contribution in [0.4, 0.5) is 10.2 Å². The van der Waals surface area contributed by atoms with E-state index < -0.39 is 17.3 Å². The maximum Gasteiger partial charge on any atom is 0.263 e. The summed E-state index contributed by atoms with van der Waals surface area (Å²) in [6.45, 7) is 1.74. The molecule has 5 aromatic rings. The number of benzene rings is 2. The topological polar surface area (TPSA) is 129 Å². The number of carbonyl (C=O) groups excluding carboxylic acids is 1. The van der Waals surface area contributed by atoms with Gasteiger partial charge in [-0.2, -0.15) is 19.9 Å². The van der Waals surface area contributed by atoms with Crippen molar-refractivity contribution in [3.8, 4) is 23.1 Å². The van der Waals surface area contributed by atoms with Crippen LogP contribution in [0.3, 0.4) is 0 Å². The van der Waals surface area contributed by atoms with Gasteiger partial charge < -0.3 is 14.8 Å². The van der Waals surface area contributed by atoms with Gasteiger partial charge in [0.25, 0.3) is 11.5 Å². The van der Waals surface area contributed by atoms with E-state index in [1.165, 1.54) is 54.0 Å². The summed E-state index contributed by atoms with van der Waals surface area (Å²) in [6, 6.07) is 12.0. The highest BCUT2D eigenvalue weighted by Gasteiger charge is 2.18. The number of H-pyrrole nitrogens is 1. The zero-order valence-corrected chi connectivity index (χ0v) is 19.4. The number of ether oxygens (including phenoxy) is 2. The molecule has 12 heteroatoms. The van der Waals surface area contributed by atoms with Gasteiger partial charge in [0.05, 0.1) is 31.8 Å². The Labute approximate surface area is 203 Å². The number of nitrogens with one attached hydrogen (secondary N) is 2. The fraction of sp³-hybridized carbons (Fsp3) is 0.125. The molecule has 0 fully saturated rings. The predicted molar refractivity (Wildman–Crippen MR) is 129 cm³/mol. The Kier molecular flexibility index (Phi) is 5.68. The molecular formula is C24H20FN7O4. The molecule has 0 spiro atoms. The van der Waals surface area contributed by atoms with Gasteiger partial charge in [0.2, 0.25) is 5.95 Å². The van der Waals surface area contributed by atoms with Crippen LogP contribution in [-0.2, 0) is 0 Å². The van der Waals surface area contributed by atoms with Crippen LogP contribution >= 0.6 is 0 Å². The lowest BCUT2D eigenvalue weighted by Crippen LogP contribution is -2.19. The van der Waals surface area contributed by atoms with Crippen LogP contribution in [0.15, 0.2) is 59.5 Å². The molecule has 0 bridgehead atoms. The number of aromatic nitrogens is 6. The molecule has 0 aliphatic carbocycles. The van der Waals surface area contributed by atoms with Gasteiger partial charge in [-0.3, -0.25) is 14.6 Å². The average molecular weight is 489 g/mol. The minimum atomic E-state index is -0.452. The standard InChI is InChI=1S/C24H20FN7O4/c1-13-8-20(27-22(33)14-9-17(35-2)11-18(10-14)36-3)32(30-13)24-28-21-19(23(34)29-24)12-26-31(21)16-6-4-15(25)5-7-16/h4-12H,1-3H3,(H,27,33)(H,28,29,34). The third-order valence-electron chi connectivity index (χ3n) is 5.38. The summed E-state index contributed by atoms with van der Waals surface area (Å²) >= 11 is 0. The number of halogens is 1. The third kappa shape index (κ3) is 4.15. The van der Waals surface area contributed by atoms with E-state index in [4.69, 9.17) is 9.47 Å². The van der Waals surface area contributed by atoms with Crippen molar-refractivity contribution in [3.05, 3.63) is 82.2 Å². The number of anilines is 1. The molecule has 3 heterocycles. The second kappa shape index (κ2) is 8.98. The smallest absolute Gasteiger partial charge is 0.263 e. The Morgan fingerprint density at radius 2 is 1.72 bits per heavy atom. The zero-order chi connectivity index (χ0) is 25.4. The molecule has 1 amide bonds. The molecule has 0 saturated heterocycles. The number of rotatable bonds is 6. The minimum absolute atomic E-state index is 0.0583. The van der Waals surface area contributed by atoms with E-state index in [1.54, 1.807) is 31.2 Å². The van der Waals surface area contributed by atoms with Gasteiger partial charge in [0, 0.05) is 17.7 Å². The molecule has 0 radical (unpaired) electrons. The molecular weight excluding hydrogens is 469 g/mol. The van der Waals surface area contributed by atoms with Gasteiger partial charge in [0.15, 0.2) is 5.65 Å². The largest absolute Gasteiger partial charge is 0.497 e. The first kappa shape index (κ1) is 22.8. The number of methoxy groups -OCH3 is 2. The van der Waals surface area contributed by atoms with Gasteiger partial charge in [-0.25, -0.2) is 9.07 Å². The Bertz CT molecular complexity index is 1630. The fourth-order valence-corrected chi connectivity index (χ4v) is 3.66. The summed E-state index contributed by atoms with van der Waals surface area (Å²) in [6.07, 6.45) is 1.38. The summed E-state index contributed by atoms with van der Waals surface area (Å²) in [7, 11) is 2.98. The molecule has 11 nitrogen and oxygen atoms in total. The molecule has 3 aromatic heterocycles. The molecule has 0 saturated carbocycles. The van der Waals surface area contributed by atoms with Crippen LogP contribution in [0.25, 0.3) is 22.7 Å². The van der Waals surface area contributed by atoms with Crippen LogP contribution in [0.1, 0.15) is 16.1 Å². The number of fused-ring (bicyclic) bond motifs is 1. The molecule has 0 unspecified atom stereocenters. The van der Waals surface area contributed by atoms with Gasteiger partial charge in [-0.15, -0.1) is 0 Å². The number of aromatic amines is 1. The number of hydrogen-bond acceptors (Lipinski definition) is 7. The molecule has 2 aromatic carbocycles. The monoisotopic (exact) mass is 489 g/mol. The van der Waals surface area contributed by atoms with Crippen molar-refractivity contribution in [1.29, 1.82) is 0 Å². The van der Waals surface area contributed by atoms with Gasteiger partial charge in [-0.1, -0.05) is 0 Å². The van der Waals surface area contributed by atoms with E-state index in [1.807, 2.05) is 0 Å². The molecule has 5 rings (SSSR count). The summed E-state index contributed by atoms with van der Waals surface area (Å²) in [5.74, 6) is 0.387. The van der Waals surface area contributed by atoms with Crippen molar-refractivity contribution in [1.82, 2.24) is 29.5 Å². The number of amides is 1. The van der Waals surface area contributed by atoms with Crippen molar-refractivity contribution >= 4 is 22.8 Å². The summed E-state index contributed by atoms with van der Waals surface area (Å²) in [5.41, 5.74) is 1.17. The normalized spacial score (nSPS) is 11.0. The minimum Gasteiger partial charge on any atom is -0.497 e. The average Bonchev–Trinajstić information content (AvgIpc) is 3.47. The van der Waals surface area contributed by atoms with Crippen molar-refractivity contribution < 1.29 is 18.7 Å². The maximum atomic E-state index is 13.4. The lowest BCUT2D eigenvalue weighted by atomic mass is 10.2. The molecule has 182 valence electrons.